The lowest BCUT2D eigenvalue weighted by atomic mass is 9.85. The molecule has 0 spiro atoms. The Morgan fingerprint density at radius 2 is 2.06 bits per heavy atom. The number of hydrogen-bond donors (Lipinski definition) is 2. The molecule has 0 saturated heterocycles. The molecule has 0 radical (unpaired) electrons. The Balaban J connectivity index is 2.12. The number of hydrogen-bond acceptors (Lipinski definition) is 4. The predicted octanol–water partition coefficient (Wildman–Crippen LogP) is 2.75. The summed E-state index contributed by atoms with van der Waals surface area (Å²) in [5.74, 6) is 0.738. The summed E-state index contributed by atoms with van der Waals surface area (Å²) in [6.07, 6.45) is -1.00. The number of nitrogens with one attached hydrogen (secondary N) is 2. The fourth-order valence-corrected chi connectivity index (χ4v) is 1.74. The highest BCUT2D eigenvalue weighted by atomic mass is 19.4. The second-order valence-corrected chi connectivity index (χ2v) is 4.39. The molecule has 1 fully saturated rings. The summed E-state index contributed by atoms with van der Waals surface area (Å²) >= 11 is 0. The molecule has 1 heterocycles. The molecule has 100 valence electrons. The van der Waals surface area contributed by atoms with E-state index in [-0.39, 0.29) is 11.8 Å². The quantitative estimate of drug-likeness (QED) is 0.874. The maximum absolute atomic E-state index is 12.6. The average molecular weight is 260 g/mol. The van der Waals surface area contributed by atoms with Crippen LogP contribution in [-0.4, -0.2) is 23.6 Å². The summed E-state index contributed by atoms with van der Waals surface area (Å²) in [5.41, 5.74) is -0.932. The molecule has 1 saturated carbocycles. The molecular weight excluding hydrogens is 245 g/mol. The normalized spacial score (nSPS) is 16.2. The molecule has 1 aliphatic rings. The monoisotopic (exact) mass is 260 g/mol. The van der Waals surface area contributed by atoms with Crippen LogP contribution in [0.2, 0.25) is 0 Å². The maximum Gasteiger partial charge on any atom is 0.433 e. The van der Waals surface area contributed by atoms with Crippen molar-refractivity contribution in [3.63, 3.8) is 0 Å². The fourth-order valence-electron chi connectivity index (χ4n) is 1.74. The first-order chi connectivity index (χ1) is 8.49. The summed E-state index contributed by atoms with van der Waals surface area (Å²) in [7, 11) is 1.49. The molecule has 18 heavy (non-hydrogen) atoms. The second-order valence-electron chi connectivity index (χ2n) is 4.39. The maximum atomic E-state index is 12.6. The third-order valence-electron chi connectivity index (χ3n) is 3.04. The Morgan fingerprint density at radius 1 is 1.33 bits per heavy atom. The summed E-state index contributed by atoms with van der Waals surface area (Å²) in [6, 6.07) is 0.944. The Hall–Kier alpha value is -1.53. The molecular formula is C11H15F3N4. The Labute approximate surface area is 103 Å². The van der Waals surface area contributed by atoms with Gasteiger partial charge in [0.2, 0.25) is 5.95 Å². The minimum absolute atomic E-state index is 0.0269. The van der Waals surface area contributed by atoms with E-state index in [9.17, 15) is 13.2 Å². The molecule has 1 aromatic heterocycles. The van der Waals surface area contributed by atoms with Crippen molar-refractivity contribution in [1.82, 2.24) is 9.97 Å². The molecule has 0 amide bonds. The van der Waals surface area contributed by atoms with Gasteiger partial charge in [-0.3, -0.25) is 0 Å². The Kier molecular flexibility index (Phi) is 3.58. The first-order valence-electron chi connectivity index (χ1n) is 5.87. The van der Waals surface area contributed by atoms with E-state index < -0.39 is 11.9 Å². The van der Waals surface area contributed by atoms with Crippen molar-refractivity contribution < 1.29 is 13.2 Å². The minimum atomic E-state index is -4.46. The molecule has 0 aromatic carbocycles. The van der Waals surface area contributed by atoms with Gasteiger partial charge in [-0.1, -0.05) is 6.42 Å². The lowest BCUT2D eigenvalue weighted by molar-refractivity contribution is -0.141. The van der Waals surface area contributed by atoms with Crippen LogP contribution in [0, 0.1) is 5.92 Å². The lowest BCUT2D eigenvalue weighted by Gasteiger charge is -2.25. The average Bonchev–Trinajstić information content (AvgIpc) is 2.25. The van der Waals surface area contributed by atoms with Crippen LogP contribution in [0.1, 0.15) is 25.0 Å². The van der Waals surface area contributed by atoms with Gasteiger partial charge in [-0.25, -0.2) is 4.98 Å². The Morgan fingerprint density at radius 3 is 2.56 bits per heavy atom. The van der Waals surface area contributed by atoms with Gasteiger partial charge in [0.25, 0.3) is 0 Å². The Bertz CT molecular complexity index is 415. The molecule has 7 heteroatoms. The zero-order chi connectivity index (χ0) is 13.2. The van der Waals surface area contributed by atoms with Crippen LogP contribution in [0.4, 0.5) is 24.9 Å². The van der Waals surface area contributed by atoms with Crippen molar-refractivity contribution in [2.45, 2.75) is 25.4 Å². The lowest BCUT2D eigenvalue weighted by Crippen LogP contribution is -2.22. The highest BCUT2D eigenvalue weighted by Crippen LogP contribution is 2.30. The summed E-state index contributed by atoms with van der Waals surface area (Å²) < 4.78 is 37.8. The number of aromatic nitrogens is 2. The standard InChI is InChI=1S/C11H15F3N4/c1-15-10-17-8(11(12,13)14)5-9(18-10)16-6-7-3-2-4-7/h5,7H,2-4,6H2,1H3,(H2,15,16,17,18). The smallest absolute Gasteiger partial charge is 0.370 e. The van der Waals surface area contributed by atoms with Gasteiger partial charge in [0.15, 0.2) is 5.69 Å². The van der Waals surface area contributed by atoms with Gasteiger partial charge in [0.1, 0.15) is 5.82 Å². The number of anilines is 2. The van der Waals surface area contributed by atoms with E-state index in [0.717, 1.165) is 18.9 Å². The van der Waals surface area contributed by atoms with Crippen LogP contribution in [0.3, 0.4) is 0 Å². The van der Waals surface area contributed by atoms with Crippen molar-refractivity contribution in [3.8, 4) is 0 Å². The van der Waals surface area contributed by atoms with Gasteiger partial charge in [-0.05, 0) is 18.8 Å². The van der Waals surface area contributed by atoms with Gasteiger partial charge in [0.05, 0.1) is 0 Å². The van der Waals surface area contributed by atoms with E-state index >= 15 is 0 Å². The second kappa shape index (κ2) is 4.99. The van der Waals surface area contributed by atoms with Crippen molar-refractivity contribution in [2.75, 3.05) is 24.2 Å². The van der Waals surface area contributed by atoms with Crippen molar-refractivity contribution in [2.24, 2.45) is 5.92 Å². The topological polar surface area (TPSA) is 49.8 Å². The van der Waals surface area contributed by atoms with Crippen LogP contribution in [0.5, 0.6) is 0 Å². The molecule has 2 N–H and O–H groups in total. The van der Waals surface area contributed by atoms with Crippen LogP contribution >= 0.6 is 0 Å². The molecule has 0 atom stereocenters. The van der Waals surface area contributed by atoms with Crippen LogP contribution < -0.4 is 10.6 Å². The van der Waals surface area contributed by atoms with E-state index in [0.29, 0.717) is 12.5 Å². The number of nitrogens with zero attached hydrogens (tertiary/aromatic N) is 2. The van der Waals surface area contributed by atoms with Crippen LogP contribution in [0.15, 0.2) is 6.07 Å². The highest BCUT2D eigenvalue weighted by molar-refractivity contribution is 5.42. The van der Waals surface area contributed by atoms with E-state index in [1.54, 1.807) is 0 Å². The zero-order valence-electron chi connectivity index (χ0n) is 10.0. The first-order valence-corrected chi connectivity index (χ1v) is 5.87. The molecule has 0 bridgehead atoms. The third-order valence-corrected chi connectivity index (χ3v) is 3.04. The van der Waals surface area contributed by atoms with E-state index in [1.165, 1.54) is 13.5 Å². The van der Waals surface area contributed by atoms with Crippen molar-refractivity contribution in [3.05, 3.63) is 11.8 Å². The summed E-state index contributed by atoms with van der Waals surface area (Å²) in [6.45, 7) is 0.664. The van der Waals surface area contributed by atoms with E-state index in [1.807, 2.05) is 0 Å². The van der Waals surface area contributed by atoms with E-state index in [2.05, 4.69) is 20.6 Å². The van der Waals surface area contributed by atoms with Gasteiger partial charge in [0, 0.05) is 19.7 Å². The van der Waals surface area contributed by atoms with Crippen molar-refractivity contribution >= 4 is 11.8 Å². The van der Waals surface area contributed by atoms with E-state index in [4.69, 9.17) is 0 Å². The zero-order valence-corrected chi connectivity index (χ0v) is 10.0. The van der Waals surface area contributed by atoms with Gasteiger partial charge >= 0.3 is 6.18 Å². The fraction of sp³-hybridized carbons (Fsp3) is 0.636. The minimum Gasteiger partial charge on any atom is -0.370 e. The molecule has 0 aliphatic heterocycles. The molecule has 1 aromatic rings. The number of halogens is 3. The highest BCUT2D eigenvalue weighted by Gasteiger charge is 2.33. The van der Waals surface area contributed by atoms with Crippen molar-refractivity contribution in [1.29, 1.82) is 0 Å². The molecule has 2 rings (SSSR count). The third kappa shape index (κ3) is 3.02. The predicted molar refractivity (Wildman–Crippen MR) is 62.4 cm³/mol. The molecule has 0 unspecified atom stereocenters. The first kappa shape index (κ1) is 12.9. The molecule has 1 aliphatic carbocycles. The van der Waals surface area contributed by atoms with Crippen LogP contribution in [0.25, 0.3) is 0 Å². The van der Waals surface area contributed by atoms with Gasteiger partial charge < -0.3 is 10.6 Å². The SMILES string of the molecule is CNc1nc(NCC2CCC2)cc(C(F)(F)F)n1. The van der Waals surface area contributed by atoms with Gasteiger partial charge in [-0.2, -0.15) is 18.2 Å². The summed E-state index contributed by atoms with van der Waals surface area (Å²) in [5, 5.41) is 5.48. The number of alkyl halides is 3. The van der Waals surface area contributed by atoms with Crippen LogP contribution in [-0.2, 0) is 6.18 Å². The number of rotatable bonds is 4. The van der Waals surface area contributed by atoms with Gasteiger partial charge in [-0.15, -0.1) is 0 Å². The summed E-state index contributed by atoms with van der Waals surface area (Å²) in [4.78, 5) is 7.36. The molecule has 4 nitrogen and oxygen atoms in total. The largest absolute Gasteiger partial charge is 0.433 e.